The number of rotatable bonds is 4. The zero-order chi connectivity index (χ0) is 13.1. The Morgan fingerprint density at radius 3 is 3.17 bits per heavy atom. The summed E-state index contributed by atoms with van der Waals surface area (Å²) in [6, 6.07) is 1.40. The van der Waals surface area contributed by atoms with E-state index in [9.17, 15) is 9.59 Å². The second kappa shape index (κ2) is 5.26. The van der Waals surface area contributed by atoms with Crippen molar-refractivity contribution in [2.24, 2.45) is 0 Å². The molecule has 0 saturated carbocycles. The van der Waals surface area contributed by atoms with Crippen LogP contribution in [0.25, 0.3) is 0 Å². The molecular weight excluding hydrogens is 235 g/mol. The van der Waals surface area contributed by atoms with Crippen LogP contribution in [0, 0.1) is 0 Å². The van der Waals surface area contributed by atoms with Crippen molar-refractivity contribution in [1.29, 1.82) is 0 Å². The number of hydrogen-bond donors (Lipinski definition) is 2. The molecule has 18 heavy (non-hydrogen) atoms. The van der Waals surface area contributed by atoms with Crippen LogP contribution in [0.3, 0.4) is 0 Å². The lowest BCUT2D eigenvalue weighted by atomic mass is 9.92. The fourth-order valence-electron chi connectivity index (χ4n) is 2.04. The third kappa shape index (κ3) is 2.40. The highest BCUT2D eigenvalue weighted by Gasteiger charge is 2.27. The molecule has 7 heteroatoms. The van der Waals surface area contributed by atoms with Crippen molar-refractivity contribution in [3.8, 4) is 0 Å². The van der Waals surface area contributed by atoms with Gasteiger partial charge in [0.25, 0.3) is 5.91 Å². The maximum Gasteiger partial charge on any atom is 0.328 e. The van der Waals surface area contributed by atoms with Gasteiger partial charge in [0.2, 0.25) is 0 Å². The average Bonchev–Trinajstić information content (AvgIpc) is 2.78. The van der Waals surface area contributed by atoms with E-state index in [0.29, 0.717) is 24.3 Å². The molecule has 0 bridgehead atoms. The predicted molar refractivity (Wildman–Crippen MR) is 64.7 cm³/mol. The van der Waals surface area contributed by atoms with Crippen molar-refractivity contribution in [2.45, 2.75) is 19.4 Å². The summed E-state index contributed by atoms with van der Waals surface area (Å²) in [5.41, 5.74) is 0.978. The number of carbonyl (C=O) groups is 2. The highest BCUT2D eigenvalue weighted by atomic mass is 16.5. The Morgan fingerprint density at radius 2 is 2.50 bits per heavy atom. The Hall–Kier alpha value is -1.76. The van der Waals surface area contributed by atoms with Crippen LogP contribution in [0.1, 0.15) is 29.9 Å². The van der Waals surface area contributed by atoms with Crippen LogP contribution in [-0.4, -0.2) is 42.1 Å². The molecule has 0 aliphatic carbocycles. The molecule has 2 N–H and O–H groups in total. The van der Waals surface area contributed by atoms with E-state index < -0.39 is 0 Å². The van der Waals surface area contributed by atoms with Crippen LogP contribution in [0.4, 0.5) is 0 Å². The summed E-state index contributed by atoms with van der Waals surface area (Å²) >= 11 is 0. The van der Waals surface area contributed by atoms with Gasteiger partial charge in [-0.25, -0.2) is 0 Å². The highest BCUT2D eigenvalue weighted by Crippen LogP contribution is 2.18. The Balaban J connectivity index is 2.20. The summed E-state index contributed by atoms with van der Waals surface area (Å²) in [6.45, 7) is 2.47. The molecule has 1 aliphatic rings. The van der Waals surface area contributed by atoms with Crippen molar-refractivity contribution in [2.75, 3.05) is 13.2 Å². The van der Waals surface area contributed by atoms with E-state index in [1.54, 1.807) is 23.8 Å². The molecule has 0 saturated heterocycles. The number of fused-ring (bicyclic) bond motifs is 1. The predicted octanol–water partition coefficient (Wildman–Crippen LogP) is -1.04. The molecule has 95 valence electrons. The first kappa shape index (κ1) is 12.7. The molecule has 1 radical (unpaired) electrons. The van der Waals surface area contributed by atoms with Gasteiger partial charge in [0.05, 0.1) is 19.1 Å². The molecule has 1 aliphatic heterocycles. The molecule has 0 fully saturated rings. The zero-order valence-corrected chi connectivity index (χ0v) is 10.0. The van der Waals surface area contributed by atoms with Gasteiger partial charge in [-0.15, -0.1) is 0 Å². The SMILES string of the molecule is CCOC(=O)CC1CNC(=O)c2cc([B]O)cn21. The Morgan fingerprint density at radius 1 is 1.72 bits per heavy atom. The minimum atomic E-state index is -0.298. The number of esters is 1. The van der Waals surface area contributed by atoms with Gasteiger partial charge >= 0.3 is 13.5 Å². The molecule has 1 amide bonds. The average molecular weight is 249 g/mol. The largest absolute Gasteiger partial charge is 0.466 e. The second-order valence-electron chi connectivity index (χ2n) is 4.07. The van der Waals surface area contributed by atoms with Gasteiger partial charge in [-0.05, 0) is 18.5 Å². The van der Waals surface area contributed by atoms with Crippen LogP contribution in [0.2, 0.25) is 0 Å². The van der Waals surface area contributed by atoms with E-state index in [1.165, 1.54) is 0 Å². The summed E-state index contributed by atoms with van der Waals surface area (Å²) < 4.78 is 6.60. The van der Waals surface area contributed by atoms with Crippen molar-refractivity contribution in [1.82, 2.24) is 9.88 Å². The molecule has 1 aromatic heterocycles. The number of hydrogen-bond acceptors (Lipinski definition) is 4. The minimum Gasteiger partial charge on any atom is -0.466 e. The summed E-state index contributed by atoms with van der Waals surface area (Å²) in [4.78, 5) is 23.1. The molecule has 0 spiro atoms. The van der Waals surface area contributed by atoms with Gasteiger partial charge in [-0.3, -0.25) is 9.59 Å². The fourth-order valence-corrected chi connectivity index (χ4v) is 2.04. The molecule has 1 unspecified atom stereocenters. The molecule has 2 rings (SSSR count). The number of aromatic nitrogens is 1. The zero-order valence-electron chi connectivity index (χ0n) is 10.0. The lowest BCUT2D eigenvalue weighted by Crippen LogP contribution is -2.39. The van der Waals surface area contributed by atoms with Crippen molar-refractivity contribution >= 4 is 24.8 Å². The van der Waals surface area contributed by atoms with Gasteiger partial charge in [-0.2, -0.15) is 0 Å². The molecule has 1 aromatic rings. The Bertz CT molecular complexity index is 472. The quantitative estimate of drug-likeness (QED) is 0.527. The van der Waals surface area contributed by atoms with Gasteiger partial charge in [0, 0.05) is 12.7 Å². The number of ether oxygens (including phenoxy) is 1. The first-order valence-corrected chi connectivity index (χ1v) is 5.78. The van der Waals surface area contributed by atoms with E-state index in [0.717, 1.165) is 7.48 Å². The Kier molecular flexibility index (Phi) is 3.71. The number of nitrogens with one attached hydrogen (secondary N) is 1. The minimum absolute atomic E-state index is 0.176. The van der Waals surface area contributed by atoms with E-state index in [4.69, 9.17) is 9.76 Å². The number of amides is 1. The van der Waals surface area contributed by atoms with Crippen LogP contribution in [-0.2, 0) is 9.53 Å². The normalized spacial score (nSPS) is 17.9. The van der Waals surface area contributed by atoms with Crippen LogP contribution >= 0.6 is 0 Å². The topological polar surface area (TPSA) is 80.6 Å². The monoisotopic (exact) mass is 249 g/mol. The maximum atomic E-state index is 11.6. The summed E-state index contributed by atoms with van der Waals surface area (Å²) in [7, 11) is 0.931. The lowest BCUT2D eigenvalue weighted by Gasteiger charge is -2.25. The first-order valence-electron chi connectivity index (χ1n) is 5.78. The first-order chi connectivity index (χ1) is 8.65. The Labute approximate surface area is 105 Å². The van der Waals surface area contributed by atoms with E-state index in [2.05, 4.69) is 5.32 Å². The van der Waals surface area contributed by atoms with Gasteiger partial charge < -0.3 is 19.6 Å². The second-order valence-corrected chi connectivity index (χ2v) is 4.07. The highest BCUT2D eigenvalue weighted by molar-refractivity contribution is 6.45. The van der Waals surface area contributed by atoms with Crippen LogP contribution in [0.5, 0.6) is 0 Å². The maximum absolute atomic E-state index is 11.6. The van der Waals surface area contributed by atoms with Gasteiger partial charge in [-0.1, -0.05) is 0 Å². The van der Waals surface area contributed by atoms with Gasteiger partial charge in [0.1, 0.15) is 5.69 Å². The number of carbonyl (C=O) groups excluding carboxylic acids is 2. The van der Waals surface area contributed by atoms with E-state index in [-0.39, 0.29) is 24.3 Å². The van der Waals surface area contributed by atoms with Gasteiger partial charge in [0.15, 0.2) is 0 Å². The van der Waals surface area contributed by atoms with Crippen molar-refractivity contribution < 1.29 is 19.3 Å². The summed E-state index contributed by atoms with van der Waals surface area (Å²) in [5, 5.41) is 11.7. The smallest absolute Gasteiger partial charge is 0.328 e. The lowest BCUT2D eigenvalue weighted by molar-refractivity contribution is -0.144. The molecule has 6 nitrogen and oxygen atoms in total. The molecule has 0 aromatic carbocycles. The van der Waals surface area contributed by atoms with Crippen LogP contribution < -0.4 is 10.8 Å². The number of nitrogens with zero attached hydrogens (tertiary/aromatic N) is 1. The third-order valence-electron chi connectivity index (χ3n) is 2.85. The summed E-state index contributed by atoms with van der Waals surface area (Å²) in [5.74, 6) is -0.504. The van der Waals surface area contributed by atoms with Crippen molar-refractivity contribution in [3.63, 3.8) is 0 Å². The third-order valence-corrected chi connectivity index (χ3v) is 2.85. The fraction of sp³-hybridized carbons (Fsp3) is 0.455. The molecular formula is C11H14BN2O4. The van der Waals surface area contributed by atoms with Crippen molar-refractivity contribution in [3.05, 3.63) is 18.0 Å². The molecule has 2 heterocycles. The van der Waals surface area contributed by atoms with E-state index in [1.807, 2.05) is 0 Å². The van der Waals surface area contributed by atoms with Crippen LogP contribution in [0.15, 0.2) is 12.3 Å². The standard InChI is InChI=1S/C11H14BN2O4/c1-2-18-10(15)4-8-5-13-11(16)9-3-7(12-17)6-14(8)9/h3,6,8,17H,2,4-5H2,1H3,(H,13,16). The van der Waals surface area contributed by atoms with E-state index >= 15 is 0 Å². The summed E-state index contributed by atoms with van der Waals surface area (Å²) in [6.07, 6.45) is 1.85. The molecule has 1 atom stereocenters.